The summed E-state index contributed by atoms with van der Waals surface area (Å²) in [7, 11) is 3.11. The van der Waals surface area contributed by atoms with Gasteiger partial charge in [0.25, 0.3) is 0 Å². The first kappa shape index (κ1) is 15.6. The monoisotopic (exact) mass is 293 g/mol. The molecule has 0 atom stereocenters. The van der Waals surface area contributed by atoms with Crippen molar-refractivity contribution in [3.8, 4) is 0 Å². The zero-order valence-corrected chi connectivity index (χ0v) is 13.0. The first-order valence-electron chi connectivity index (χ1n) is 7.43. The molecular weight excluding hydrogens is 270 g/mol. The Labute approximate surface area is 125 Å². The largest absolute Gasteiger partial charge is 0.465 e. The molecule has 1 aliphatic carbocycles. The molecule has 1 aromatic heterocycles. The van der Waals surface area contributed by atoms with Crippen LogP contribution in [0.15, 0.2) is 10.5 Å². The van der Waals surface area contributed by atoms with Crippen LogP contribution < -0.4 is 0 Å². The molecule has 1 amide bonds. The fraction of sp³-hybridized carbons (Fsp3) is 0.625. The Morgan fingerprint density at radius 2 is 2.05 bits per heavy atom. The van der Waals surface area contributed by atoms with Crippen molar-refractivity contribution in [2.45, 2.75) is 45.6 Å². The topological polar surface area (TPSA) is 59.8 Å². The lowest BCUT2D eigenvalue weighted by molar-refractivity contribution is -0.131. The summed E-state index contributed by atoms with van der Waals surface area (Å²) < 4.78 is 10.2. The zero-order valence-electron chi connectivity index (χ0n) is 13.0. The van der Waals surface area contributed by atoms with Crippen LogP contribution in [0.5, 0.6) is 0 Å². The third-order valence-corrected chi connectivity index (χ3v) is 4.13. The highest BCUT2D eigenvalue weighted by atomic mass is 16.5. The van der Waals surface area contributed by atoms with Crippen LogP contribution in [-0.2, 0) is 16.1 Å². The van der Waals surface area contributed by atoms with Gasteiger partial charge in [0.2, 0.25) is 5.91 Å². The Morgan fingerprint density at radius 1 is 1.38 bits per heavy atom. The summed E-state index contributed by atoms with van der Waals surface area (Å²) in [5.74, 6) is 1.38. The minimum atomic E-state index is -0.414. The number of esters is 1. The van der Waals surface area contributed by atoms with Crippen LogP contribution in [0.1, 0.15) is 54.0 Å². The highest BCUT2D eigenvalue weighted by Crippen LogP contribution is 2.28. The number of ether oxygens (including phenoxy) is 1. The van der Waals surface area contributed by atoms with E-state index in [2.05, 4.69) is 0 Å². The van der Waals surface area contributed by atoms with Crippen molar-refractivity contribution in [1.82, 2.24) is 4.90 Å². The number of furan rings is 1. The number of hydrogen-bond acceptors (Lipinski definition) is 4. The van der Waals surface area contributed by atoms with Crippen LogP contribution in [0, 0.1) is 12.8 Å². The van der Waals surface area contributed by atoms with Gasteiger partial charge in [0.05, 0.1) is 13.7 Å². The Hall–Kier alpha value is -1.78. The number of nitrogens with zero attached hydrogens (tertiary/aromatic N) is 1. The second-order valence-corrected chi connectivity index (χ2v) is 5.78. The van der Waals surface area contributed by atoms with Gasteiger partial charge in [-0.15, -0.1) is 0 Å². The normalized spacial score (nSPS) is 15.2. The minimum Gasteiger partial charge on any atom is -0.465 e. The molecule has 0 aromatic carbocycles. The van der Waals surface area contributed by atoms with Gasteiger partial charge in [-0.1, -0.05) is 12.8 Å². The van der Waals surface area contributed by atoms with E-state index < -0.39 is 5.97 Å². The molecule has 1 saturated carbocycles. The van der Waals surface area contributed by atoms with Crippen molar-refractivity contribution < 1.29 is 18.7 Å². The second kappa shape index (κ2) is 6.78. The molecule has 0 radical (unpaired) electrons. The van der Waals surface area contributed by atoms with Crippen LogP contribution in [0.2, 0.25) is 0 Å². The fourth-order valence-electron chi connectivity index (χ4n) is 2.87. The molecular formula is C16H23NO4. The first-order chi connectivity index (χ1) is 10.0. The maximum atomic E-state index is 12.2. The van der Waals surface area contributed by atoms with Gasteiger partial charge in [0, 0.05) is 13.5 Å². The van der Waals surface area contributed by atoms with Gasteiger partial charge in [0.15, 0.2) is 0 Å². The minimum absolute atomic E-state index is 0.135. The summed E-state index contributed by atoms with van der Waals surface area (Å²) in [6.45, 7) is 2.10. The predicted molar refractivity (Wildman–Crippen MR) is 77.8 cm³/mol. The van der Waals surface area contributed by atoms with E-state index in [0.717, 1.165) is 12.8 Å². The summed E-state index contributed by atoms with van der Waals surface area (Å²) in [6.07, 6.45) is 5.40. The van der Waals surface area contributed by atoms with E-state index in [1.165, 1.54) is 20.0 Å². The average molecular weight is 293 g/mol. The molecule has 1 fully saturated rings. The molecule has 0 spiro atoms. The smallest absolute Gasteiger partial charge is 0.341 e. The molecule has 21 heavy (non-hydrogen) atoms. The SMILES string of the molecule is COC(=O)c1cc(CN(C)C(=O)CC2CCCC2)oc1C. The van der Waals surface area contributed by atoms with Gasteiger partial charge in [0.1, 0.15) is 17.1 Å². The van der Waals surface area contributed by atoms with E-state index in [-0.39, 0.29) is 5.91 Å². The molecule has 2 rings (SSSR count). The van der Waals surface area contributed by atoms with Crippen LogP contribution in [-0.4, -0.2) is 30.9 Å². The van der Waals surface area contributed by atoms with Crippen LogP contribution in [0.3, 0.4) is 0 Å². The van der Waals surface area contributed by atoms with E-state index in [1.807, 2.05) is 0 Å². The summed E-state index contributed by atoms with van der Waals surface area (Å²) in [5.41, 5.74) is 0.421. The molecule has 1 aromatic rings. The van der Waals surface area contributed by atoms with Crippen molar-refractivity contribution in [3.63, 3.8) is 0 Å². The molecule has 116 valence electrons. The maximum absolute atomic E-state index is 12.2. The standard InChI is InChI=1S/C16H23NO4/c1-11-14(16(19)20-3)9-13(21-11)10-17(2)15(18)8-12-6-4-5-7-12/h9,12H,4-8,10H2,1-3H3. The molecule has 0 bridgehead atoms. The lowest BCUT2D eigenvalue weighted by atomic mass is 10.0. The highest BCUT2D eigenvalue weighted by Gasteiger charge is 2.22. The number of hydrogen-bond donors (Lipinski definition) is 0. The Morgan fingerprint density at radius 3 is 2.67 bits per heavy atom. The third-order valence-electron chi connectivity index (χ3n) is 4.13. The summed E-state index contributed by atoms with van der Waals surface area (Å²) in [6, 6.07) is 1.65. The van der Waals surface area contributed by atoms with Gasteiger partial charge in [-0.2, -0.15) is 0 Å². The average Bonchev–Trinajstić information content (AvgIpc) is 3.07. The van der Waals surface area contributed by atoms with Gasteiger partial charge in [-0.05, 0) is 31.7 Å². The lowest BCUT2D eigenvalue weighted by Gasteiger charge is -2.18. The predicted octanol–water partition coefficient (Wildman–Crippen LogP) is 2.91. The number of methoxy groups -OCH3 is 1. The third kappa shape index (κ3) is 3.86. The van der Waals surface area contributed by atoms with Gasteiger partial charge in [-0.25, -0.2) is 4.79 Å². The van der Waals surface area contributed by atoms with Gasteiger partial charge < -0.3 is 14.1 Å². The maximum Gasteiger partial charge on any atom is 0.341 e. The number of aryl methyl sites for hydroxylation is 1. The van der Waals surface area contributed by atoms with Gasteiger partial charge in [-0.3, -0.25) is 4.79 Å². The highest BCUT2D eigenvalue weighted by molar-refractivity contribution is 5.90. The zero-order chi connectivity index (χ0) is 15.4. The van der Waals surface area contributed by atoms with E-state index >= 15 is 0 Å². The van der Waals surface area contributed by atoms with E-state index in [1.54, 1.807) is 24.9 Å². The van der Waals surface area contributed by atoms with Crippen molar-refractivity contribution >= 4 is 11.9 Å². The van der Waals surface area contributed by atoms with Crippen LogP contribution in [0.4, 0.5) is 0 Å². The fourth-order valence-corrected chi connectivity index (χ4v) is 2.87. The molecule has 5 nitrogen and oxygen atoms in total. The van der Waals surface area contributed by atoms with Crippen molar-refractivity contribution in [1.29, 1.82) is 0 Å². The molecule has 0 aliphatic heterocycles. The summed E-state index contributed by atoms with van der Waals surface area (Å²) in [4.78, 5) is 25.4. The van der Waals surface area contributed by atoms with Crippen LogP contribution in [0.25, 0.3) is 0 Å². The summed E-state index contributed by atoms with van der Waals surface area (Å²) in [5, 5.41) is 0. The van der Waals surface area contributed by atoms with E-state index in [9.17, 15) is 9.59 Å². The van der Waals surface area contributed by atoms with Crippen molar-refractivity contribution in [2.75, 3.05) is 14.2 Å². The number of carbonyl (C=O) groups excluding carboxylic acids is 2. The number of amides is 1. The van der Waals surface area contributed by atoms with E-state index in [4.69, 9.17) is 9.15 Å². The Bertz CT molecular complexity index is 514. The molecule has 0 unspecified atom stereocenters. The van der Waals surface area contributed by atoms with E-state index in [0.29, 0.717) is 36.0 Å². The number of rotatable bonds is 5. The quantitative estimate of drug-likeness (QED) is 0.783. The Kier molecular flexibility index (Phi) is 5.04. The molecule has 0 N–H and O–H groups in total. The van der Waals surface area contributed by atoms with Crippen molar-refractivity contribution in [2.24, 2.45) is 5.92 Å². The number of carbonyl (C=O) groups is 2. The summed E-state index contributed by atoms with van der Waals surface area (Å²) >= 11 is 0. The molecule has 5 heteroatoms. The Balaban J connectivity index is 1.94. The second-order valence-electron chi connectivity index (χ2n) is 5.78. The lowest BCUT2D eigenvalue weighted by Crippen LogP contribution is -2.27. The molecule has 0 saturated heterocycles. The molecule has 1 aliphatic rings. The van der Waals surface area contributed by atoms with Crippen molar-refractivity contribution in [3.05, 3.63) is 23.2 Å². The molecule has 1 heterocycles. The first-order valence-corrected chi connectivity index (χ1v) is 7.43. The van der Waals surface area contributed by atoms with Gasteiger partial charge >= 0.3 is 5.97 Å². The van der Waals surface area contributed by atoms with Crippen LogP contribution >= 0.6 is 0 Å².